The minimum atomic E-state index is -1.05. The Labute approximate surface area is 327 Å². The van der Waals surface area contributed by atoms with Crippen LogP contribution >= 0.6 is 0 Å². The molecule has 21 heteroatoms. The average Bonchev–Trinajstić information content (AvgIpc) is 3.51. The Kier molecular flexibility index (Phi) is 31.6. The molecule has 292 valence electrons. The second-order valence-electron chi connectivity index (χ2n) is 12.3. The smallest absolute Gasteiger partial charge is 0.870 e. The van der Waals surface area contributed by atoms with E-state index in [0.29, 0.717) is 12.1 Å². The fourth-order valence-electron chi connectivity index (χ4n) is 5.28. The average molecular weight is 751 g/mol. The summed E-state index contributed by atoms with van der Waals surface area (Å²) in [4.78, 5) is 82.3. The number of carbonyl (C=O) groups is 7. The molecule has 3 aliphatic rings. The number of hydrogen-bond acceptors (Lipinski definition) is 10. The van der Waals surface area contributed by atoms with Crippen molar-refractivity contribution in [1.82, 2.24) is 14.7 Å². The molecule has 0 aliphatic carbocycles. The number of esters is 2. The second-order valence-corrected chi connectivity index (χ2v) is 12.3. The number of ether oxygens (including phenoxy) is 2. The van der Waals surface area contributed by atoms with E-state index in [2.05, 4.69) is 35.8 Å². The summed E-state index contributed by atoms with van der Waals surface area (Å²) in [5.74, 6) is -4.46. The number of hydrogen-bond donors (Lipinski definition) is 1. The minimum absolute atomic E-state index is 0. The van der Waals surface area contributed by atoms with Gasteiger partial charge in [0, 0.05) is 33.1 Å². The molecule has 0 spiro atoms. The van der Waals surface area contributed by atoms with Gasteiger partial charge in [0.25, 0.3) is 0 Å². The first-order chi connectivity index (χ1) is 21.9. The molecule has 53 heavy (non-hydrogen) atoms. The summed E-state index contributed by atoms with van der Waals surface area (Å²) in [6.07, 6.45) is 0. The van der Waals surface area contributed by atoms with Crippen LogP contribution in [0.15, 0.2) is 37.5 Å². The van der Waals surface area contributed by atoms with Gasteiger partial charge in [-0.15, -0.1) is 13.2 Å². The maximum absolute atomic E-state index is 11.6. The van der Waals surface area contributed by atoms with Crippen LogP contribution in [0.2, 0.25) is 0 Å². The number of Topliss-reactive ketones (excluding diaryl/α,β-unsaturated/α-hetero) is 1. The number of likely N-dealkylation sites (tertiary alicyclic amines) is 3. The predicted octanol–water partition coefficient (Wildman–Crippen LogP) is 0.963. The number of nitrogens with zero attached hydrogens (tertiary/aromatic N) is 3. The van der Waals surface area contributed by atoms with Crippen molar-refractivity contribution in [2.75, 3.05) is 33.9 Å². The molecule has 3 unspecified atom stereocenters. The van der Waals surface area contributed by atoms with Crippen molar-refractivity contribution >= 4 is 64.6 Å². The van der Waals surface area contributed by atoms with Crippen LogP contribution in [-0.2, 0) is 28.7 Å². The Morgan fingerprint density at radius 2 is 0.925 bits per heavy atom. The van der Waals surface area contributed by atoms with Crippen LogP contribution in [-0.4, -0.2) is 142 Å². The number of rotatable bonds is 3. The quantitative estimate of drug-likeness (QED) is 0.245. The molecule has 0 aromatic carbocycles. The Bertz CT molecular complexity index is 1240. The first-order valence-electron chi connectivity index (χ1n) is 14.0. The Balaban J connectivity index is -0.000000109. The SMILES string of the molecule is C.C.C=C.F.FF.[B]C(=O)N1CC(=C)C(C)(C)C1C(=O)O.[B]C(=O)N1CC(=C)C(C)(C)C1C(=O)OC.[B]C(=O)N1CC(=O)C(C)(C)C1C(=O)OC.[Li+].[OH-]. The predicted molar refractivity (Wildman–Crippen MR) is 193 cm³/mol. The number of aliphatic carboxylic acids is 1. The summed E-state index contributed by atoms with van der Waals surface area (Å²) in [7, 11) is 17.9. The summed E-state index contributed by atoms with van der Waals surface area (Å²) in [6.45, 7) is 24.4. The second kappa shape index (κ2) is 26.1. The molecular weight excluding hydrogens is 699 g/mol. The van der Waals surface area contributed by atoms with E-state index in [1.165, 1.54) is 19.1 Å². The van der Waals surface area contributed by atoms with E-state index in [4.69, 9.17) is 37.8 Å². The number of amides is 3. The van der Waals surface area contributed by atoms with Crippen LogP contribution in [0.3, 0.4) is 0 Å². The van der Waals surface area contributed by atoms with E-state index in [1.807, 2.05) is 13.8 Å². The van der Waals surface area contributed by atoms with Crippen molar-refractivity contribution in [3.63, 3.8) is 0 Å². The fourth-order valence-corrected chi connectivity index (χ4v) is 5.28. The zero-order valence-electron chi connectivity index (χ0n) is 30.5. The molecule has 3 saturated heterocycles. The van der Waals surface area contributed by atoms with Crippen LogP contribution in [0.4, 0.5) is 28.2 Å². The number of methoxy groups -OCH3 is 2. The van der Waals surface area contributed by atoms with Crippen LogP contribution in [0.25, 0.3) is 0 Å². The van der Waals surface area contributed by atoms with Crippen molar-refractivity contribution in [2.24, 2.45) is 16.2 Å². The fraction of sp³-hybridized carbons (Fsp3) is 0.594. The van der Waals surface area contributed by atoms with Gasteiger partial charge in [-0.2, -0.15) is 0 Å². The maximum atomic E-state index is 11.6. The number of ketones is 1. The van der Waals surface area contributed by atoms with Crippen LogP contribution < -0.4 is 18.9 Å². The standard InChI is InChI=1S/C10H14BNO3.C9H12BNO4.C9H12BNO3.C2H4.2CH4.F2.FH.Li.H2O/c1-6-5-12(9(11)14)7(8(13)15-4)10(6,2)3;1-9(2)5(12)4-11(8(10)14)6(9)7(13)15-3;1-5-4-11(8(10)14)6(7(12)13)9(5,2)3;1-2;;;1-2;;;/h7H,1,5H2,2-4H3;6H,4H2,1-3H3;6H,1,4H2,2-3H3,(H,12,13);1-2H2;2*1H4;;1H;;1H2/q;;;;;;;;+1;/p-1. The summed E-state index contributed by atoms with van der Waals surface area (Å²) in [5.41, 5.74) is -0.550. The van der Waals surface area contributed by atoms with Crippen molar-refractivity contribution in [2.45, 2.75) is 74.5 Å². The Morgan fingerprint density at radius 1 is 0.679 bits per heavy atom. The van der Waals surface area contributed by atoms with Crippen molar-refractivity contribution in [3.8, 4) is 0 Å². The van der Waals surface area contributed by atoms with Gasteiger partial charge in [0.15, 0.2) is 23.2 Å². The van der Waals surface area contributed by atoms with Gasteiger partial charge < -0.3 is 34.8 Å². The van der Waals surface area contributed by atoms with E-state index in [1.54, 1.807) is 27.7 Å². The molecule has 0 saturated carbocycles. The number of halogens is 3. The molecule has 0 bridgehead atoms. The summed E-state index contributed by atoms with van der Waals surface area (Å²) in [6, 6.07) is -2.51. The van der Waals surface area contributed by atoms with Gasteiger partial charge in [0.1, 0.15) is 18.1 Å². The first-order valence-corrected chi connectivity index (χ1v) is 14.0. The van der Waals surface area contributed by atoms with E-state index in [-0.39, 0.29) is 62.8 Å². The van der Waals surface area contributed by atoms with Gasteiger partial charge in [-0.1, -0.05) is 69.6 Å². The summed E-state index contributed by atoms with van der Waals surface area (Å²) < 4.78 is 25.2. The number of carbonyl (C=O) groups excluding carboxylic acids is 6. The van der Waals surface area contributed by atoms with Crippen molar-refractivity contribution < 1.29 is 86.3 Å². The Hall–Kier alpha value is -3.75. The van der Waals surface area contributed by atoms with Crippen LogP contribution in [0.5, 0.6) is 0 Å². The van der Waals surface area contributed by atoms with E-state index < -0.39 is 69.7 Å². The van der Waals surface area contributed by atoms with Gasteiger partial charge >= 0.3 is 36.8 Å². The third-order valence-corrected chi connectivity index (χ3v) is 8.50. The molecule has 3 amide bonds. The molecule has 3 atom stereocenters. The third-order valence-electron chi connectivity index (χ3n) is 8.50. The van der Waals surface area contributed by atoms with E-state index in [0.717, 1.165) is 15.4 Å². The summed E-state index contributed by atoms with van der Waals surface area (Å²) in [5, 5.41) is 9.00. The van der Waals surface area contributed by atoms with E-state index >= 15 is 0 Å². The molecule has 6 radical (unpaired) electrons. The molecule has 0 aromatic rings. The zero-order valence-corrected chi connectivity index (χ0v) is 30.5. The maximum Gasteiger partial charge on any atom is 1.00 e. The number of carboxylic acids is 1. The van der Waals surface area contributed by atoms with Gasteiger partial charge in [0.05, 0.1) is 26.2 Å². The molecule has 0 aromatic heterocycles. The normalized spacial score (nSPS) is 20.5. The monoisotopic (exact) mass is 751 g/mol. The topological polar surface area (TPSA) is 198 Å². The Morgan fingerprint density at radius 3 is 1.17 bits per heavy atom. The molecule has 3 rings (SSSR count). The number of carboxylic acid groups (broad SMARTS) is 1. The van der Waals surface area contributed by atoms with Crippen LogP contribution in [0, 0.1) is 16.2 Å². The molecule has 2 N–H and O–H groups in total. The first kappa shape index (κ1) is 64.2. The van der Waals surface area contributed by atoms with Gasteiger partial charge in [-0.25, -0.2) is 14.4 Å². The molecule has 3 heterocycles. The van der Waals surface area contributed by atoms with Crippen molar-refractivity contribution in [3.05, 3.63) is 37.5 Å². The van der Waals surface area contributed by atoms with Crippen molar-refractivity contribution in [1.29, 1.82) is 0 Å². The zero-order chi connectivity index (χ0) is 38.7. The molecule has 14 nitrogen and oxygen atoms in total. The van der Waals surface area contributed by atoms with Crippen LogP contribution in [0.1, 0.15) is 56.4 Å². The molecule has 3 fully saturated rings. The molecular formula is C32H52B3F3LiN3O11. The third kappa shape index (κ3) is 14.5. The van der Waals surface area contributed by atoms with Gasteiger partial charge in [-0.05, 0) is 11.1 Å². The van der Waals surface area contributed by atoms with Gasteiger partial charge in [-0.3, -0.25) is 23.9 Å². The molecule has 3 aliphatic heterocycles. The minimum Gasteiger partial charge on any atom is -0.870 e. The largest absolute Gasteiger partial charge is 1.00 e. The van der Waals surface area contributed by atoms with E-state index in [9.17, 15) is 33.6 Å². The summed E-state index contributed by atoms with van der Waals surface area (Å²) >= 11 is 0. The van der Waals surface area contributed by atoms with Gasteiger partial charge in [0.2, 0.25) is 23.5 Å².